The molecule has 1 unspecified atom stereocenters. The summed E-state index contributed by atoms with van der Waals surface area (Å²) in [5.41, 5.74) is 3.59. The first-order chi connectivity index (χ1) is 11.7. The number of hydrogen-bond acceptors (Lipinski definition) is 4. The SMILES string of the molecule is COCCn1ncc2c1C(NC(=O)c1cccc(CO)c1)CCC2. The molecule has 0 spiro atoms. The molecule has 1 aliphatic carbocycles. The number of aliphatic hydroxyl groups excluding tert-OH is 1. The van der Waals surface area contributed by atoms with E-state index in [0.29, 0.717) is 18.7 Å². The van der Waals surface area contributed by atoms with E-state index in [2.05, 4.69) is 10.4 Å². The van der Waals surface area contributed by atoms with Crippen LogP contribution in [0.15, 0.2) is 30.5 Å². The third kappa shape index (κ3) is 3.49. The van der Waals surface area contributed by atoms with Crippen LogP contribution in [0.2, 0.25) is 0 Å². The van der Waals surface area contributed by atoms with Gasteiger partial charge in [-0.15, -0.1) is 0 Å². The monoisotopic (exact) mass is 329 g/mol. The Balaban J connectivity index is 1.79. The number of aliphatic hydroxyl groups is 1. The number of ether oxygens (including phenoxy) is 1. The minimum Gasteiger partial charge on any atom is -0.392 e. The van der Waals surface area contributed by atoms with Crippen molar-refractivity contribution in [2.24, 2.45) is 0 Å². The number of aromatic nitrogens is 2. The fourth-order valence-corrected chi connectivity index (χ4v) is 3.21. The van der Waals surface area contributed by atoms with Crippen molar-refractivity contribution in [2.75, 3.05) is 13.7 Å². The molecule has 0 radical (unpaired) electrons. The van der Waals surface area contributed by atoms with E-state index in [9.17, 15) is 9.90 Å². The van der Waals surface area contributed by atoms with Crippen LogP contribution in [0.5, 0.6) is 0 Å². The molecule has 0 fully saturated rings. The molecule has 2 N–H and O–H groups in total. The average molecular weight is 329 g/mol. The summed E-state index contributed by atoms with van der Waals surface area (Å²) in [5.74, 6) is -0.123. The van der Waals surface area contributed by atoms with E-state index in [-0.39, 0.29) is 18.6 Å². The smallest absolute Gasteiger partial charge is 0.251 e. The van der Waals surface area contributed by atoms with E-state index in [1.165, 1.54) is 5.56 Å². The molecule has 24 heavy (non-hydrogen) atoms. The van der Waals surface area contributed by atoms with Crippen LogP contribution in [0.4, 0.5) is 0 Å². The Hall–Kier alpha value is -2.18. The molecule has 6 heteroatoms. The van der Waals surface area contributed by atoms with Gasteiger partial charge in [-0.1, -0.05) is 12.1 Å². The second-order valence-corrected chi connectivity index (χ2v) is 6.05. The second kappa shape index (κ2) is 7.59. The topological polar surface area (TPSA) is 76.4 Å². The van der Waals surface area contributed by atoms with Gasteiger partial charge in [0.25, 0.3) is 5.91 Å². The average Bonchev–Trinajstić information content (AvgIpc) is 3.04. The summed E-state index contributed by atoms with van der Waals surface area (Å²) in [6, 6.07) is 7.03. The predicted molar refractivity (Wildman–Crippen MR) is 89.6 cm³/mol. The molecule has 2 aromatic rings. The van der Waals surface area contributed by atoms with Crippen LogP contribution in [0.25, 0.3) is 0 Å². The maximum atomic E-state index is 12.6. The zero-order valence-corrected chi connectivity index (χ0v) is 13.9. The van der Waals surface area contributed by atoms with Gasteiger partial charge in [-0.3, -0.25) is 9.48 Å². The summed E-state index contributed by atoms with van der Waals surface area (Å²) in [5, 5.41) is 16.8. The quantitative estimate of drug-likeness (QED) is 0.848. The molecule has 6 nitrogen and oxygen atoms in total. The first-order valence-electron chi connectivity index (χ1n) is 8.27. The lowest BCUT2D eigenvalue weighted by Gasteiger charge is -2.25. The van der Waals surface area contributed by atoms with Crippen molar-refractivity contribution >= 4 is 5.91 Å². The van der Waals surface area contributed by atoms with Crippen LogP contribution in [-0.2, 0) is 24.3 Å². The fourth-order valence-electron chi connectivity index (χ4n) is 3.21. The number of nitrogens with zero attached hydrogens (tertiary/aromatic N) is 2. The highest BCUT2D eigenvalue weighted by Gasteiger charge is 2.26. The van der Waals surface area contributed by atoms with Crippen LogP contribution < -0.4 is 5.32 Å². The van der Waals surface area contributed by atoms with Crippen molar-refractivity contribution in [1.82, 2.24) is 15.1 Å². The molecule has 128 valence electrons. The van der Waals surface area contributed by atoms with Gasteiger partial charge in [-0.05, 0) is 42.5 Å². The van der Waals surface area contributed by atoms with Gasteiger partial charge in [0.1, 0.15) is 0 Å². The van der Waals surface area contributed by atoms with Gasteiger partial charge in [0.05, 0.1) is 37.7 Å². The number of fused-ring (bicyclic) bond motifs is 1. The molecule has 1 aliphatic rings. The number of aryl methyl sites for hydroxylation is 1. The standard InChI is InChI=1S/C18H23N3O3/c1-24-9-8-21-17-15(11-19-21)6-3-7-16(17)20-18(23)14-5-2-4-13(10-14)12-22/h2,4-5,10-11,16,22H,3,6-9,12H2,1H3,(H,20,23). The predicted octanol–water partition coefficient (Wildman–Crippen LogP) is 1.83. The lowest BCUT2D eigenvalue weighted by molar-refractivity contribution is 0.0930. The Morgan fingerprint density at radius 3 is 3.17 bits per heavy atom. The number of carbonyl (C=O) groups excluding carboxylic acids is 1. The van der Waals surface area contributed by atoms with Crippen molar-refractivity contribution in [3.8, 4) is 0 Å². The highest BCUT2D eigenvalue weighted by atomic mass is 16.5. The van der Waals surface area contributed by atoms with Gasteiger partial charge in [-0.2, -0.15) is 5.10 Å². The molecule has 1 aromatic heterocycles. The summed E-state index contributed by atoms with van der Waals surface area (Å²) in [7, 11) is 1.67. The highest BCUT2D eigenvalue weighted by molar-refractivity contribution is 5.94. The summed E-state index contributed by atoms with van der Waals surface area (Å²) in [6.07, 6.45) is 4.83. The molecule has 0 saturated heterocycles. The van der Waals surface area contributed by atoms with Crippen LogP contribution >= 0.6 is 0 Å². The number of rotatable bonds is 6. The summed E-state index contributed by atoms with van der Waals surface area (Å²) in [6.45, 7) is 1.20. The number of benzene rings is 1. The first kappa shape index (κ1) is 16.7. The Labute approximate surface area is 141 Å². The molecular weight excluding hydrogens is 306 g/mol. The van der Waals surface area contributed by atoms with Crippen molar-refractivity contribution in [2.45, 2.75) is 38.5 Å². The Morgan fingerprint density at radius 1 is 1.50 bits per heavy atom. The normalized spacial score (nSPS) is 16.7. The highest BCUT2D eigenvalue weighted by Crippen LogP contribution is 2.30. The molecule has 1 heterocycles. The third-order valence-corrected chi connectivity index (χ3v) is 4.41. The van der Waals surface area contributed by atoms with Gasteiger partial charge in [0.2, 0.25) is 0 Å². The van der Waals surface area contributed by atoms with Crippen LogP contribution in [-0.4, -0.2) is 34.5 Å². The minimum absolute atomic E-state index is 0.0432. The molecule has 0 aliphatic heterocycles. The zero-order valence-electron chi connectivity index (χ0n) is 13.9. The summed E-state index contributed by atoms with van der Waals surface area (Å²) in [4.78, 5) is 12.6. The number of methoxy groups -OCH3 is 1. The number of carbonyl (C=O) groups is 1. The molecule has 1 atom stereocenters. The summed E-state index contributed by atoms with van der Waals surface area (Å²) >= 11 is 0. The van der Waals surface area contributed by atoms with E-state index >= 15 is 0 Å². The molecule has 1 amide bonds. The van der Waals surface area contributed by atoms with E-state index in [1.54, 1.807) is 31.4 Å². The molecular formula is C18H23N3O3. The lowest BCUT2D eigenvalue weighted by Crippen LogP contribution is -2.32. The number of nitrogens with one attached hydrogen (secondary N) is 1. The van der Waals surface area contributed by atoms with Crippen molar-refractivity contribution in [3.63, 3.8) is 0 Å². The molecule has 3 rings (SSSR count). The van der Waals surface area contributed by atoms with Gasteiger partial charge in [0, 0.05) is 12.7 Å². The van der Waals surface area contributed by atoms with Gasteiger partial charge in [0.15, 0.2) is 0 Å². The molecule has 1 aromatic carbocycles. The van der Waals surface area contributed by atoms with Crippen molar-refractivity contribution < 1.29 is 14.6 Å². The molecule has 0 bridgehead atoms. The van der Waals surface area contributed by atoms with Gasteiger partial charge >= 0.3 is 0 Å². The maximum Gasteiger partial charge on any atom is 0.251 e. The van der Waals surface area contributed by atoms with Crippen molar-refractivity contribution in [3.05, 3.63) is 52.8 Å². The van der Waals surface area contributed by atoms with Crippen LogP contribution in [0.1, 0.15) is 46.1 Å². The Morgan fingerprint density at radius 2 is 2.38 bits per heavy atom. The van der Waals surface area contributed by atoms with Crippen LogP contribution in [0, 0.1) is 0 Å². The minimum atomic E-state index is -0.123. The Bertz CT molecular complexity index is 711. The van der Waals surface area contributed by atoms with E-state index in [1.807, 2.05) is 10.9 Å². The molecule has 0 saturated carbocycles. The van der Waals surface area contributed by atoms with E-state index < -0.39 is 0 Å². The largest absolute Gasteiger partial charge is 0.392 e. The van der Waals surface area contributed by atoms with Gasteiger partial charge < -0.3 is 15.2 Å². The van der Waals surface area contributed by atoms with Crippen LogP contribution in [0.3, 0.4) is 0 Å². The lowest BCUT2D eigenvalue weighted by atomic mass is 9.93. The first-order valence-corrected chi connectivity index (χ1v) is 8.27. The Kier molecular flexibility index (Phi) is 5.27. The zero-order chi connectivity index (χ0) is 16.9. The maximum absolute atomic E-state index is 12.6. The summed E-state index contributed by atoms with van der Waals surface area (Å²) < 4.78 is 7.08. The fraction of sp³-hybridized carbons (Fsp3) is 0.444. The van der Waals surface area contributed by atoms with E-state index in [4.69, 9.17) is 4.74 Å². The number of hydrogen-bond donors (Lipinski definition) is 2. The van der Waals surface area contributed by atoms with E-state index in [0.717, 1.165) is 30.5 Å². The second-order valence-electron chi connectivity index (χ2n) is 6.05. The van der Waals surface area contributed by atoms with Crippen molar-refractivity contribution in [1.29, 1.82) is 0 Å². The van der Waals surface area contributed by atoms with Gasteiger partial charge in [-0.25, -0.2) is 0 Å². The third-order valence-electron chi connectivity index (χ3n) is 4.41. The number of amides is 1.